The number of hydrogen-bond donors (Lipinski definition) is 1. The number of aromatic nitrogens is 4. The van der Waals surface area contributed by atoms with Gasteiger partial charge in [0.2, 0.25) is 11.8 Å². The Bertz CT molecular complexity index is 1040. The molecule has 1 N–H and O–H groups in total. The Morgan fingerprint density at radius 1 is 1.24 bits per heavy atom. The van der Waals surface area contributed by atoms with E-state index in [2.05, 4.69) is 15.7 Å². The third kappa shape index (κ3) is 4.88. The number of nitrogens with zero attached hydrogens (tertiary/aromatic N) is 5. The number of nitrogens with one attached hydrogen (secondary N) is 1. The first kappa shape index (κ1) is 20.3. The number of tetrazole rings is 1. The quantitative estimate of drug-likeness (QED) is 0.586. The second kappa shape index (κ2) is 9.15. The highest BCUT2D eigenvalue weighted by Crippen LogP contribution is 2.16. The average Bonchev–Trinajstić information content (AvgIpc) is 3.36. The lowest BCUT2D eigenvalue weighted by molar-refractivity contribution is -0.135. The van der Waals surface area contributed by atoms with E-state index in [0.29, 0.717) is 23.0 Å². The molecule has 0 fully saturated rings. The SMILES string of the molecule is CCN(CC(=O)Nc1cccc(OC)c1)C(=O)Cn1nnn(-c2cccs2)c1=O. The van der Waals surface area contributed by atoms with E-state index in [0.717, 1.165) is 9.36 Å². The average molecular weight is 416 g/mol. The second-order valence-electron chi connectivity index (χ2n) is 5.97. The number of thiophene rings is 1. The van der Waals surface area contributed by atoms with Crippen LogP contribution in [0.25, 0.3) is 5.00 Å². The first-order valence-electron chi connectivity index (χ1n) is 8.80. The van der Waals surface area contributed by atoms with Crippen molar-refractivity contribution in [3.8, 4) is 10.8 Å². The largest absolute Gasteiger partial charge is 0.497 e. The Morgan fingerprint density at radius 2 is 2.07 bits per heavy atom. The molecule has 0 saturated heterocycles. The van der Waals surface area contributed by atoms with E-state index in [1.165, 1.54) is 23.3 Å². The normalized spacial score (nSPS) is 10.6. The second-order valence-corrected chi connectivity index (χ2v) is 6.90. The maximum Gasteiger partial charge on any atom is 0.369 e. The van der Waals surface area contributed by atoms with Crippen LogP contribution in [-0.2, 0) is 16.1 Å². The molecule has 10 nitrogen and oxygen atoms in total. The standard InChI is InChI=1S/C18H20N6O4S/c1-3-22(11-15(25)19-13-6-4-7-14(10-13)28-2)16(26)12-23-18(27)24(21-20-23)17-8-5-9-29-17/h4-10H,3,11-12H2,1-2H3,(H,19,25). The molecule has 2 heterocycles. The van der Waals surface area contributed by atoms with Crippen LogP contribution >= 0.6 is 11.3 Å². The summed E-state index contributed by atoms with van der Waals surface area (Å²) in [6.07, 6.45) is 0. The van der Waals surface area contributed by atoms with Crippen LogP contribution in [0.3, 0.4) is 0 Å². The molecule has 3 aromatic rings. The summed E-state index contributed by atoms with van der Waals surface area (Å²) in [6, 6.07) is 10.4. The summed E-state index contributed by atoms with van der Waals surface area (Å²) in [4.78, 5) is 38.6. The number of amides is 2. The number of benzene rings is 1. The van der Waals surface area contributed by atoms with Gasteiger partial charge in [-0.2, -0.15) is 9.36 Å². The molecule has 152 valence electrons. The molecule has 0 unspecified atom stereocenters. The molecule has 11 heteroatoms. The maximum atomic E-state index is 12.6. The lowest BCUT2D eigenvalue weighted by atomic mass is 10.3. The zero-order chi connectivity index (χ0) is 20.8. The molecule has 1 aromatic carbocycles. The smallest absolute Gasteiger partial charge is 0.369 e. The topological polar surface area (TPSA) is 111 Å². The first-order valence-corrected chi connectivity index (χ1v) is 9.68. The van der Waals surface area contributed by atoms with E-state index < -0.39 is 11.6 Å². The number of carbonyl (C=O) groups excluding carboxylic acids is 2. The van der Waals surface area contributed by atoms with Crippen molar-refractivity contribution in [2.24, 2.45) is 0 Å². The third-order valence-corrected chi connectivity index (χ3v) is 4.91. The maximum absolute atomic E-state index is 12.6. The highest BCUT2D eigenvalue weighted by Gasteiger charge is 2.19. The number of rotatable bonds is 8. The molecular weight excluding hydrogens is 396 g/mol. The van der Waals surface area contributed by atoms with Crippen molar-refractivity contribution in [3.63, 3.8) is 0 Å². The van der Waals surface area contributed by atoms with Gasteiger partial charge in [-0.15, -0.1) is 11.3 Å². The van der Waals surface area contributed by atoms with Crippen LogP contribution in [0.1, 0.15) is 6.92 Å². The van der Waals surface area contributed by atoms with Gasteiger partial charge in [0.25, 0.3) is 0 Å². The molecule has 2 amide bonds. The van der Waals surface area contributed by atoms with Gasteiger partial charge in [0, 0.05) is 18.3 Å². The van der Waals surface area contributed by atoms with Crippen molar-refractivity contribution < 1.29 is 14.3 Å². The number of methoxy groups -OCH3 is 1. The minimum Gasteiger partial charge on any atom is -0.497 e. The first-order chi connectivity index (χ1) is 14.0. The van der Waals surface area contributed by atoms with Gasteiger partial charge in [-0.25, -0.2) is 4.79 Å². The molecular formula is C18H20N6O4S. The van der Waals surface area contributed by atoms with Gasteiger partial charge in [0.05, 0.1) is 13.7 Å². The van der Waals surface area contributed by atoms with E-state index in [9.17, 15) is 14.4 Å². The molecule has 3 rings (SSSR count). The Kier molecular flexibility index (Phi) is 6.39. The fourth-order valence-electron chi connectivity index (χ4n) is 2.58. The number of hydrogen-bond acceptors (Lipinski definition) is 7. The highest BCUT2D eigenvalue weighted by atomic mass is 32.1. The molecule has 0 radical (unpaired) electrons. The van der Waals surface area contributed by atoms with E-state index >= 15 is 0 Å². The Morgan fingerprint density at radius 3 is 2.76 bits per heavy atom. The van der Waals surface area contributed by atoms with Gasteiger partial charge < -0.3 is 15.0 Å². The molecule has 0 aliphatic rings. The summed E-state index contributed by atoms with van der Waals surface area (Å²) in [7, 11) is 1.54. The summed E-state index contributed by atoms with van der Waals surface area (Å²) < 4.78 is 7.23. The minimum absolute atomic E-state index is 0.152. The Balaban J connectivity index is 1.63. The van der Waals surface area contributed by atoms with Crippen LogP contribution < -0.4 is 15.7 Å². The molecule has 0 spiro atoms. The molecule has 0 atom stereocenters. The number of likely N-dealkylation sites (N-methyl/N-ethyl adjacent to an activating group) is 1. The van der Waals surface area contributed by atoms with Crippen molar-refractivity contribution >= 4 is 28.8 Å². The Hall–Kier alpha value is -3.47. The molecule has 0 aliphatic carbocycles. The van der Waals surface area contributed by atoms with Crippen molar-refractivity contribution in [1.29, 1.82) is 0 Å². The molecule has 29 heavy (non-hydrogen) atoms. The summed E-state index contributed by atoms with van der Waals surface area (Å²) in [5.74, 6) is -0.156. The van der Waals surface area contributed by atoms with Crippen molar-refractivity contribution in [2.45, 2.75) is 13.5 Å². The van der Waals surface area contributed by atoms with Crippen LogP contribution in [0.5, 0.6) is 5.75 Å². The zero-order valence-electron chi connectivity index (χ0n) is 15.9. The summed E-state index contributed by atoms with van der Waals surface area (Å²) in [5, 5.41) is 12.7. The van der Waals surface area contributed by atoms with Crippen LogP contribution in [0.15, 0.2) is 46.6 Å². The van der Waals surface area contributed by atoms with Crippen LogP contribution in [0.2, 0.25) is 0 Å². The van der Waals surface area contributed by atoms with Crippen molar-refractivity contribution in [1.82, 2.24) is 24.7 Å². The fourth-order valence-corrected chi connectivity index (χ4v) is 3.25. The van der Waals surface area contributed by atoms with Crippen LogP contribution in [0.4, 0.5) is 5.69 Å². The third-order valence-electron chi connectivity index (χ3n) is 4.06. The summed E-state index contributed by atoms with van der Waals surface area (Å²) >= 11 is 1.34. The number of anilines is 1. The van der Waals surface area contributed by atoms with E-state index in [1.807, 2.05) is 5.38 Å². The number of carbonyl (C=O) groups is 2. The van der Waals surface area contributed by atoms with E-state index in [1.54, 1.807) is 43.3 Å². The summed E-state index contributed by atoms with van der Waals surface area (Å²) in [5.41, 5.74) is 0.0469. The molecule has 0 saturated carbocycles. The molecule has 2 aromatic heterocycles. The lowest BCUT2D eigenvalue weighted by Crippen LogP contribution is -2.41. The van der Waals surface area contributed by atoms with Crippen LogP contribution in [0, 0.1) is 0 Å². The van der Waals surface area contributed by atoms with E-state index in [-0.39, 0.29) is 19.0 Å². The highest BCUT2D eigenvalue weighted by molar-refractivity contribution is 7.12. The minimum atomic E-state index is -0.516. The monoisotopic (exact) mass is 416 g/mol. The van der Waals surface area contributed by atoms with Gasteiger partial charge in [0.15, 0.2) is 0 Å². The zero-order valence-corrected chi connectivity index (χ0v) is 16.8. The predicted molar refractivity (Wildman–Crippen MR) is 107 cm³/mol. The van der Waals surface area contributed by atoms with Crippen molar-refractivity contribution in [2.75, 3.05) is 25.5 Å². The molecule has 0 bridgehead atoms. The Labute approximate surface area is 170 Å². The van der Waals surface area contributed by atoms with Crippen molar-refractivity contribution in [3.05, 3.63) is 52.3 Å². The lowest BCUT2D eigenvalue weighted by Gasteiger charge is -2.20. The van der Waals surface area contributed by atoms with E-state index in [4.69, 9.17) is 4.74 Å². The van der Waals surface area contributed by atoms with Gasteiger partial charge >= 0.3 is 5.69 Å². The van der Waals surface area contributed by atoms with Gasteiger partial charge in [-0.05, 0) is 47.0 Å². The summed E-state index contributed by atoms with van der Waals surface area (Å²) in [6.45, 7) is 1.60. The number of ether oxygens (including phenoxy) is 1. The fraction of sp³-hybridized carbons (Fsp3) is 0.278. The van der Waals surface area contributed by atoms with Gasteiger partial charge in [-0.1, -0.05) is 6.07 Å². The predicted octanol–water partition coefficient (Wildman–Crippen LogP) is 0.986. The van der Waals surface area contributed by atoms with Gasteiger partial charge in [-0.3, -0.25) is 9.59 Å². The van der Waals surface area contributed by atoms with Crippen LogP contribution in [-0.4, -0.2) is 56.7 Å². The molecule has 0 aliphatic heterocycles. The van der Waals surface area contributed by atoms with Gasteiger partial charge in [0.1, 0.15) is 17.3 Å².